The van der Waals surface area contributed by atoms with E-state index in [0.29, 0.717) is 11.8 Å². The first-order valence-electron chi connectivity index (χ1n) is 6.55. The molecule has 3 N–H and O–H groups in total. The van der Waals surface area contributed by atoms with E-state index in [0.717, 1.165) is 41.7 Å². The number of rotatable bonds is 1. The molecule has 1 aromatic rings. The highest BCUT2D eigenvalue weighted by molar-refractivity contribution is 9.10. The zero-order valence-electron chi connectivity index (χ0n) is 10.6. The Morgan fingerprint density at radius 3 is 2.83 bits per heavy atom. The lowest BCUT2D eigenvalue weighted by atomic mass is 10.00. The lowest BCUT2D eigenvalue weighted by molar-refractivity contribution is 0.133. The second kappa shape index (κ2) is 4.42. The highest BCUT2D eigenvalue weighted by Gasteiger charge is 2.42. The maximum atomic E-state index is 9.97. The average molecular weight is 311 g/mol. The van der Waals surface area contributed by atoms with E-state index in [1.54, 1.807) is 0 Å². The number of aliphatic hydroxyl groups is 1. The van der Waals surface area contributed by atoms with Crippen LogP contribution < -0.4 is 10.6 Å². The van der Waals surface area contributed by atoms with Crippen molar-refractivity contribution in [2.24, 2.45) is 11.8 Å². The summed E-state index contributed by atoms with van der Waals surface area (Å²) in [7, 11) is 0. The third-order valence-corrected chi connectivity index (χ3v) is 5.13. The second-order valence-corrected chi connectivity index (χ2v) is 6.49. The Labute approximate surface area is 116 Å². The average Bonchev–Trinajstić information content (AvgIpc) is 2.87. The Hall–Kier alpha value is -0.740. The van der Waals surface area contributed by atoms with Gasteiger partial charge >= 0.3 is 0 Å². The first-order chi connectivity index (χ1) is 8.56. The Morgan fingerprint density at radius 1 is 1.33 bits per heavy atom. The highest BCUT2D eigenvalue weighted by atomic mass is 79.9. The van der Waals surface area contributed by atoms with Crippen molar-refractivity contribution >= 4 is 27.3 Å². The largest absolute Gasteiger partial charge is 0.398 e. The van der Waals surface area contributed by atoms with Gasteiger partial charge in [0.2, 0.25) is 0 Å². The van der Waals surface area contributed by atoms with Gasteiger partial charge in [0, 0.05) is 29.2 Å². The van der Waals surface area contributed by atoms with Crippen molar-refractivity contribution in [3.63, 3.8) is 0 Å². The van der Waals surface area contributed by atoms with Crippen LogP contribution in [0.2, 0.25) is 0 Å². The number of aryl methyl sites for hydroxylation is 1. The van der Waals surface area contributed by atoms with Crippen LogP contribution in [0, 0.1) is 18.8 Å². The topological polar surface area (TPSA) is 49.5 Å². The molecule has 1 saturated carbocycles. The third kappa shape index (κ3) is 1.91. The van der Waals surface area contributed by atoms with Crippen molar-refractivity contribution in [1.82, 2.24) is 0 Å². The minimum absolute atomic E-state index is 0.103. The van der Waals surface area contributed by atoms with Gasteiger partial charge in [-0.05, 0) is 59.3 Å². The van der Waals surface area contributed by atoms with E-state index in [4.69, 9.17) is 5.73 Å². The molecule has 3 atom stereocenters. The molecule has 4 heteroatoms. The monoisotopic (exact) mass is 310 g/mol. The van der Waals surface area contributed by atoms with Gasteiger partial charge < -0.3 is 15.7 Å². The van der Waals surface area contributed by atoms with Gasteiger partial charge in [0.15, 0.2) is 0 Å². The minimum Gasteiger partial charge on any atom is -0.398 e. The fraction of sp³-hybridized carbons (Fsp3) is 0.571. The van der Waals surface area contributed by atoms with Crippen LogP contribution in [0.3, 0.4) is 0 Å². The van der Waals surface area contributed by atoms with Gasteiger partial charge in [-0.25, -0.2) is 0 Å². The van der Waals surface area contributed by atoms with Crippen LogP contribution in [-0.2, 0) is 0 Å². The molecule has 3 unspecified atom stereocenters. The van der Waals surface area contributed by atoms with Crippen molar-refractivity contribution < 1.29 is 5.11 Å². The van der Waals surface area contributed by atoms with E-state index >= 15 is 0 Å². The van der Waals surface area contributed by atoms with Gasteiger partial charge in [0.05, 0.1) is 11.8 Å². The summed E-state index contributed by atoms with van der Waals surface area (Å²) < 4.78 is 1.06. The minimum atomic E-state index is -0.103. The Balaban J connectivity index is 1.87. The molecular weight excluding hydrogens is 292 g/mol. The number of aliphatic hydroxyl groups excluding tert-OH is 1. The summed E-state index contributed by atoms with van der Waals surface area (Å²) >= 11 is 3.60. The fourth-order valence-electron chi connectivity index (χ4n) is 3.36. The Morgan fingerprint density at radius 2 is 2.11 bits per heavy atom. The van der Waals surface area contributed by atoms with Crippen LogP contribution in [0.25, 0.3) is 0 Å². The van der Waals surface area contributed by atoms with Crippen molar-refractivity contribution in [3.8, 4) is 0 Å². The molecular formula is C14H19BrN2O. The molecule has 1 aliphatic carbocycles. The lowest BCUT2D eigenvalue weighted by Crippen LogP contribution is -2.24. The van der Waals surface area contributed by atoms with Gasteiger partial charge in [-0.3, -0.25) is 0 Å². The number of halogens is 1. The van der Waals surface area contributed by atoms with Crippen molar-refractivity contribution in [3.05, 3.63) is 22.2 Å². The van der Waals surface area contributed by atoms with Gasteiger partial charge in [-0.15, -0.1) is 0 Å². The maximum absolute atomic E-state index is 9.97. The smallest absolute Gasteiger partial charge is 0.0588 e. The second-order valence-electron chi connectivity index (χ2n) is 5.63. The molecule has 18 heavy (non-hydrogen) atoms. The van der Waals surface area contributed by atoms with Crippen LogP contribution in [-0.4, -0.2) is 24.3 Å². The summed E-state index contributed by atoms with van der Waals surface area (Å²) in [5.74, 6) is 1.11. The summed E-state index contributed by atoms with van der Waals surface area (Å²) in [4.78, 5) is 2.38. The number of anilines is 2. The molecule has 2 aliphatic rings. The van der Waals surface area contributed by atoms with Gasteiger partial charge in [-0.1, -0.05) is 0 Å². The number of hydrogen-bond donors (Lipinski definition) is 2. The van der Waals surface area contributed by atoms with Crippen LogP contribution >= 0.6 is 15.9 Å². The predicted molar refractivity (Wildman–Crippen MR) is 77.7 cm³/mol. The van der Waals surface area contributed by atoms with E-state index in [1.165, 1.54) is 5.69 Å². The van der Waals surface area contributed by atoms with E-state index in [-0.39, 0.29) is 6.10 Å². The first kappa shape index (κ1) is 12.3. The fourth-order valence-corrected chi connectivity index (χ4v) is 3.97. The Bertz CT molecular complexity index is 477. The molecule has 3 rings (SSSR count). The third-order valence-electron chi connectivity index (χ3n) is 4.50. The van der Waals surface area contributed by atoms with Gasteiger partial charge in [0.25, 0.3) is 0 Å². The molecule has 1 aromatic carbocycles. The number of benzene rings is 1. The molecule has 1 heterocycles. The van der Waals surface area contributed by atoms with Crippen molar-refractivity contribution in [1.29, 1.82) is 0 Å². The van der Waals surface area contributed by atoms with E-state index in [2.05, 4.69) is 26.9 Å². The Kier molecular flexibility index (Phi) is 3.02. The van der Waals surface area contributed by atoms with Crippen LogP contribution in [0.15, 0.2) is 16.6 Å². The summed E-state index contributed by atoms with van der Waals surface area (Å²) in [6, 6.07) is 4.13. The summed E-state index contributed by atoms with van der Waals surface area (Å²) in [5.41, 5.74) is 9.07. The first-order valence-corrected chi connectivity index (χ1v) is 7.34. The number of nitrogen functional groups attached to an aromatic ring is 1. The molecule has 2 fully saturated rings. The van der Waals surface area contributed by atoms with Crippen molar-refractivity contribution in [2.75, 3.05) is 23.7 Å². The van der Waals surface area contributed by atoms with Crippen LogP contribution in [0.4, 0.5) is 11.4 Å². The predicted octanol–water partition coefficient (Wildman–Crippen LogP) is 2.55. The lowest BCUT2D eigenvalue weighted by Gasteiger charge is -2.23. The van der Waals surface area contributed by atoms with E-state index < -0.39 is 0 Å². The van der Waals surface area contributed by atoms with E-state index in [9.17, 15) is 5.11 Å². The zero-order valence-corrected chi connectivity index (χ0v) is 12.2. The standard InChI is InChI=1S/C14H19BrN2O/c1-8-4-13(11(15)5-12(8)16)17-6-9-2-3-14(18)10(9)7-17/h4-5,9-10,14,18H,2-3,6-7,16H2,1H3. The van der Waals surface area contributed by atoms with E-state index in [1.807, 2.05) is 13.0 Å². The molecule has 0 aromatic heterocycles. The van der Waals surface area contributed by atoms with Crippen molar-refractivity contribution in [2.45, 2.75) is 25.9 Å². The number of hydrogen-bond acceptors (Lipinski definition) is 3. The summed E-state index contributed by atoms with van der Waals surface area (Å²) in [5, 5.41) is 9.97. The normalized spacial score (nSPS) is 30.8. The molecule has 0 amide bonds. The molecule has 98 valence electrons. The van der Waals surface area contributed by atoms with Gasteiger partial charge in [0.1, 0.15) is 0 Å². The molecule has 3 nitrogen and oxygen atoms in total. The summed E-state index contributed by atoms with van der Waals surface area (Å²) in [6.07, 6.45) is 2.03. The quantitative estimate of drug-likeness (QED) is 0.784. The molecule has 0 spiro atoms. The molecule has 1 saturated heterocycles. The van der Waals surface area contributed by atoms with Crippen LogP contribution in [0.5, 0.6) is 0 Å². The van der Waals surface area contributed by atoms with Crippen LogP contribution in [0.1, 0.15) is 18.4 Å². The number of fused-ring (bicyclic) bond motifs is 1. The molecule has 0 bridgehead atoms. The molecule has 1 aliphatic heterocycles. The summed E-state index contributed by atoms with van der Waals surface area (Å²) in [6.45, 7) is 4.06. The maximum Gasteiger partial charge on any atom is 0.0588 e. The SMILES string of the molecule is Cc1cc(N2CC3CCC(O)C3C2)c(Br)cc1N. The highest BCUT2D eigenvalue weighted by Crippen LogP contribution is 2.42. The molecule has 0 radical (unpaired) electrons. The number of nitrogens with two attached hydrogens (primary N) is 1. The zero-order chi connectivity index (χ0) is 12.9. The number of nitrogens with zero attached hydrogens (tertiary/aromatic N) is 1. The van der Waals surface area contributed by atoms with Gasteiger partial charge in [-0.2, -0.15) is 0 Å².